The van der Waals surface area contributed by atoms with Crippen LogP contribution in [0.5, 0.6) is 5.75 Å². The maximum Gasteiger partial charge on any atom is 0.242 e. The van der Waals surface area contributed by atoms with E-state index in [9.17, 15) is 9.18 Å². The number of nitrogens with one attached hydrogen (secondary N) is 1. The van der Waals surface area contributed by atoms with E-state index in [1.165, 1.54) is 25.3 Å². The van der Waals surface area contributed by atoms with Crippen LogP contribution in [-0.2, 0) is 4.79 Å². The van der Waals surface area contributed by atoms with Crippen LogP contribution >= 0.6 is 0 Å². The number of amides is 1. The number of ether oxygens (including phenoxy) is 1. The highest BCUT2D eigenvalue weighted by Crippen LogP contribution is 2.21. The second-order valence-corrected chi connectivity index (χ2v) is 3.35. The Kier molecular flexibility index (Phi) is 4.49. The van der Waals surface area contributed by atoms with Crippen molar-refractivity contribution in [3.05, 3.63) is 24.0 Å². The number of terminal acetylenes is 1. The minimum Gasteiger partial charge on any atom is -0.494 e. The van der Waals surface area contributed by atoms with E-state index >= 15 is 0 Å². The van der Waals surface area contributed by atoms with Gasteiger partial charge in [-0.1, -0.05) is 0 Å². The summed E-state index contributed by atoms with van der Waals surface area (Å²) in [6, 6.07) is 3.20. The van der Waals surface area contributed by atoms with E-state index in [1.54, 1.807) is 0 Å². The van der Waals surface area contributed by atoms with Crippen molar-refractivity contribution >= 4 is 11.6 Å². The van der Waals surface area contributed by atoms with Gasteiger partial charge in [0, 0.05) is 18.2 Å². The predicted molar refractivity (Wildman–Crippen MR) is 63.0 cm³/mol. The lowest BCUT2D eigenvalue weighted by Gasteiger charge is -2.10. The number of carbonyl (C=O) groups excluding carboxylic acids is 1. The fraction of sp³-hybridized carbons (Fsp3) is 0.250. The van der Waals surface area contributed by atoms with Gasteiger partial charge in [0.15, 0.2) is 11.6 Å². The van der Waals surface area contributed by atoms with E-state index in [0.717, 1.165) is 0 Å². The van der Waals surface area contributed by atoms with Crippen molar-refractivity contribution in [3.8, 4) is 18.1 Å². The van der Waals surface area contributed by atoms with Crippen molar-refractivity contribution in [2.75, 3.05) is 12.4 Å². The van der Waals surface area contributed by atoms with Gasteiger partial charge >= 0.3 is 0 Å². The summed E-state index contributed by atoms with van der Waals surface area (Å²) in [5.74, 6) is 1.42. The molecule has 1 amide bonds. The highest BCUT2D eigenvalue weighted by molar-refractivity contribution is 5.95. The first-order chi connectivity index (χ1) is 8.08. The molecule has 0 aliphatic heterocycles. The van der Waals surface area contributed by atoms with Crippen LogP contribution in [0.15, 0.2) is 18.2 Å². The second kappa shape index (κ2) is 5.87. The molecule has 0 aliphatic carbocycles. The number of hydrogen-bond acceptors (Lipinski definition) is 3. The number of anilines is 1. The summed E-state index contributed by atoms with van der Waals surface area (Å²) in [6.07, 6.45) is 5.19. The standard InChI is InChI=1S/C12H13FN2O2/c1-3-4-10(14)12(16)15-8-5-6-9(13)11(7-8)17-2/h1,5-7,10H,4,14H2,2H3,(H,15,16). The molecule has 0 heterocycles. The van der Waals surface area contributed by atoms with E-state index < -0.39 is 17.8 Å². The first-order valence-corrected chi connectivity index (χ1v) is 4.92. The third-order valence-corrected chi connectivity index (χ3v) is 2.09. The smallest absolute Gasteiger partial charge is 0.242 e. The van der Waals surface area contributed by atoms with Crippen molar-refractivity contribution in [1.29, 1.82) is 0 Å². The molecule has 1 aromatic carbocycles. The zero-order valence-corrected chi connectivity index (χ0v) is 9.37. The van der Waals surface area contributed by atoms with Crippen molar-refractivity contribution in [3.63, 3.8) is 0 Å². The molecule has 90 valence electrons. The molecule has 0 bridgehead atoms. The predicted octanol–water partition coefficient (Wildman–Crippen LogP) is 1.12. The molecule has 0 fully saturated rings. The monoisotopic (exact) mass is 236 g/mol. The molecular formula is C12H13FN2O2. The largest absolute Gasteiger partial charge is 0.494 e. The number of nitrogens with two attached hydrogens (primary N) is 1. The normalized spacial score (nSPS) is 11.4. The first-order valence-electron chi connectivity index (χ1n) is 4.92. The molecule has 0 radical (unpaired) electrons. The van der Waals surface area contributed by atoms with Gasteiger partial charge in [-0.05, 0) is 12.1 Å². The van der Waals surface area contributed by atoms with Gasteiger partial charge in [-0.2, -0.15) is 0 Å². The van der Waals surface area contributed by atoms with Gasteiger partial charge in [0.25, 0.3) is 0 Å². The lowest BCUT2D eigenvalue weighted by molar-refractivity contribution is -0.117. The van der Waals surface area contributed by atoms with Gasteiger partial charge in [-0.25, -0.2) is 4.39 Å². The van der Waals surface area contributed by atoms with Crippen LogP contribution in [0.1, 0.15) is 6.42 Å². The van der Waals surface area contributed by atoms with Gasteiger partial charge in [0.05, 0.1) is 13.2 Å². The highest BCUT2D eigenvalue weighted by Gasteiger charge is 2.13. The molecule has 0 saturated heterocycles. The number of carbonyl (C=O) groups is 1. The Morgan fingerprint density at radius 3 is 3.00 bits per heavy atom. The lowest BCUT2D eigenvalue weighted by atomic mass is 10.2. The third-order valence-electron chi connectivity index (χ3n) is 2.09. The van der Waals surface area contributed by atoms with Gasteiger partial charge in [0.2, 0.25) is 5.91 Å². The van der Waals surface area contributed by atoms with Crippen molar-refractivity contribution in [2.24, 2.45) is 5.73 Å². The molecule has 17 heavy (non-hydrogen) atoms. The minimum absolute atomic E-state index is 0.0494. The SMILES string of the molecule is C#CCC(N)C(=O)Nc1ccc(F)c(OC)c1. The average Bonchev–Trinajstić information content (AvgIpc) is 2.31. The molecule has 0 aromatic heterocycles. The summed E-state index contributed by atoms with van der Waals surface area (Å²) in [5, 5.41) is 2.52. The highest BCUT2D eigenvalue weighted by atomic mass is 19.1. The molecule has 0 aliphatic rings. The summed E-state index contributed by atoms with van der Waals surface area (Å²) in [6.45, 7) is 0. The molecule has 1 rings (SSSR count). The maximum absolute atomic E-state index is 13.1. The van der Waals surface area contributed by atoms with E-state index in [0.29, 0.717) is 5.69 Å². The third kappa shape index (κ3) is 3.47. The fourth-order valence-electron chi connectivity index (χ4n) is 1.19. The lowest BCUT2D eigenvalue weighted by Crippen LogP contribution is -2.35. The molecule has 4 nitrogen and oxygen atoms in total. The Hall–Kier alpha value is -2.06. The summed E-state index contributed by atoms with van der Waals surface area (Å²) >= 11 is 0. The van der Waals surface area contributed by atoms with Crippen LogP contribution in [0.2, 0.25) is 0 Å². The molecule has 0 saturated carbocycles. The van der Waals surface area contributed by atoms with Crippen LogP contribution in [0.25, 0.3) is 0 Å². The van der Waals surface area contributed by atoms with Crippen molar-refractivity contribution in [2.45, 2.75) is 12.5 Å². The van der Waals surface area contributed by atoms with Crippen LogP contribution in [0, 0.1) is 18.2 Å². The minimum atomic E-state index is -0.781. The van der Waals surface area contributed by atoms with Crippen LogP contribution in [-0.4, -0.2) is 19.1 Å². The first kappa shape index (κ1) is 13.0. The maximum atomic E-state index is 13.1. The van der Waals surface area contributed by atoms with Crippen LogP contribution in [0.3, 0.4) is 0 Å². The van der Waals surface area contributed by atoms with E-state index in [4.69, 9.17) is 16.9 Å². The Bertz CT molecular complexity index is 454. The summed E-state index contributed by atoms with van der Waals surface area (Å²) in [5.41, 5.74) is 5.92. The number of halogens is 1. The molecule has 1 aromatic rings. The van der Waals surface area contributed by atoms with Crippen LogP contribution < -0.4 is 15.8 Å². The molecule has 1 unspecified atom stereocenters. The quantitative estimate of drug-likeness (QED) is 0.770. The van der Waals surface area contributed by atoms with Gasteiger partial charge in [0.1, 0.15) is 0 Å². The molecule has 3 N–H and O–H groups in total. The molecule has 1 atom stereocenters. The molecule has 5 heteroatoms. The Labute approximate surface area is 99.0 Å². The van der Waals surface area contributed by atoms with Gasteiger partial charge < -0.3 is 15.8 Å². The Balaban J connectivity index is 2.76. The van der Waals surface area contributed by atoms with Gasteiger partial charge in [-0.15, -0.1) is 12.3 Å². The Morgan fingerprint density at radius 2 is 2.41 bits per heavy atom. The summed E-state index contributed by atoms with van der Waals surface area (Å²) in [4.78, 5) is 11.5. The number of methoxy groups -OCH3 is 1. The summed E-state index contributed by atoms with van der Waals surface area (Å²) in [7, 11) is 1.34. The number of hydrogen-bond donors (Lipinski definition) is 2. The zero-order valence-electron chi connectivity index (χ0n) is 9.37. The fourth-order valence-corrected chi connectivity index (χ4v) is 1.19. The van der Waals surface area contributed by atoms with E-state index in [1.807, 2.05) is 0 Å². The summed E-state index contributed by atoms with van der Waals surface area (Å²) < 4.78 is 17.9. The number of rotatable bonds is 4. The topological polar surface area (TPSA) is 64.4 Å². The van der Waals surface area contributed by atoms with E-state index in [2.05, 4.69) is 11.2 Å². The Morgan fingerprint density at radius 1 is 1.71 bits per heavy atom. The number of benzene rings is 1. The van der Waals surface area contributed by atoms with Gasteiger partial charge in [-0.3, -0.25) is 4.79 Å². The average molecular weight is 236 g/mol. The molecule has 0 spiro atoms. The molecular weight excluding hydrogens is 223 g/mol. The zero-order chi connectivity index (χ0) is 12.8. The van der Waals surface area contributed by atoms with Crippen molar-refractivity contribution < 1.29 is 13.9 Å². The van der Waals surface area contributed by atoms with Crippen LogP contribution in [0.4, 0.5) is 10.1 Å². The van der Waals surface area contributed by atoms with E-state index in [-0.39, 0.29) is 12.2 Å². The van der Waals surface area contributed by atoms with Crippen molar-refractivity contribution in [1.82, 2.24) is 0 Å². The second-order valence-electron chi connectivity index (χ2n) is 3.35.